The van der Waals surface area contributed by atoms with E-state index in [2.05, 4.69) is 21.8 Å². The van der Waals surface area contributed by atoms with Gasteiger partial charge in [0.05, 0.1) is 23.4 Å². The predicted octanol–water partition coefficient (Wildman–Crippen LogP) is 2.12. The van der Waals surface area contributed by atoms with Crippen LogP contribution in [-0.2, 0) is 20.9 Å². The summed E-state index contributed by atoms with van der Waals surface area (Å²) < 4.78 is 1.73. The summed E-state index contributed by atoms with van der Waals surface area (Å²) in [5.74, 6) is -2.04. The highest BCUT2D eigenvalue weighted by Gasteiger charge is 2.46. The number of aromatic nitrogens is 2. The van der Waals surface area contributed by atoms with Crippen molar-refractivity contribution in [2.45, 2.75) is 70.5 Å². The molecular formula is C29H31N7O5. The zero-order valence-corrected chi connectivity index (χ0v) is 22.8. The predicted molar refractivity (Wildman–Crippen MR) is 144 cm³/mol. The van der Waals surface area contributed by atoms with Crippen molar-refractivity contribution in [3.05, 3.63) is 46.8 Å². The average Bonchev–Trinajstić information content (AvgIpc) is 3.48. The molecule has 1 atom stereocenters. The number of hydrogen-bond acceptors (Lipinski definition) is 8. The topological polar surface area (TPSA) is 157 Å². The summed E-state index contributed by atoms with van der Waals surface area (Å²) in [6, 6.07) is 6.06. The van der Waals surface area contributed by atoms with Crippen LogP contribution in [0, 0.1) is 16.7 Å². The molecule has 12 heteroatoms. The number of nitrogens with zero attached hydrogens (tertiary/aromatic N) is 5. The van der Waals surface area contributed by atoms with Gasteiger partial charge in [-0.25, -0.2) is 0 Å². The van der Waals surface area contributed by atoms with Crippen LogP contribution in [0.15, 0.2) is 24.4 Å². The third kappa shape index (κ3) is 4.45. The lowest BCUT2D eigenvalue weighted by atomic mass is 9.69. The monoisotopic (exact) mass is 557 g/mol. The summed E-state index contributed by atoms with van der Waals surface area (Å²) in [6.07, 6.45) is 6.17. The maximum atomic E-state index is 13.4. The van der Waals surface area contributed by atoms with Crippen LogP contribution in [0.5, 0.6) is 0 Å². The van der Waals surface area contributed by atoms with Gasteiger partial charge in [-0.3, -0.25) is 38.9 Å². The Morgan fingerprint density at radius 2 is 1.90 bits per heavy atom. The van der Waals surface area contributed by atoms with E-state index < -0.39 is 29.7 Å². The fourth-order valence-electron chi connectivity index (χ4n) is 6.40. The first-order valence-corrected chi connectivity index (χ1v) is 14.1. The molecule has 4 aliphatic rings. The van der Waals surface area contributed by atoms with Gasteiger partial charge in [0.1, 0.15) is 17.8 Å². The molecule has 4 heterocycles. The summed E-state index contributed by atoms with van der Waals surface area (Å²) in [6.45, 7) is 3.50. The zero-order chi connectivity index (χ0) is 28.9. The van der Waals surface area contributed by atoms with E-state index >= 15 is 0 Å². The van der Waals surface area contributed by atoms with Gasteiger partial charge in [-0.15, -0.1) is 0 Å². The Morgan fingerprint density at radius 1 is 1.15 bits per heavy atom. The Kier molecular flexibility index (Phi) is 6.60. The van der Waals surface area contributed by atoms with E-state index in [1.165, 1.54) is 6.07 Å². The number of nitrogens with one attached hydrogen (secondary N) is 2. The van der Waals surface area contributed by atoms with Crippen molar-refractivity contribution >= 4 is 35.2 Å². The van der Waals surface area contributed by atoms with Crippen LogP contribution in [0.25, 0.3) is 0 Å². The van der Waals surface area contributed by atoms with Crippen molar-refractivity contribution in [3.8, 4) is 6.07 Å². The highest BCUT2D eigenvalue weighted by Crippen LogP contribution is 2.42. The van der Waals surface area contributed by atoms with E-state index in [0.29, 0.717) is 42.9 Å². The minimum absolute atomic E-state index is 0.00102. The summed E-state index contributed by atoms with van der Waals surface area (Å²) in [4.78, 5) is 66.2. The number of imide groups is 2. The normalized spacial score (nSPS) is 22.2. The Balaban J connectivity index is 1.15. The number of piperidine rings is 2. The number of amides is 5. The number of rotatable bonds is 6. The molecule has 1 aromatic heterocycles. The summed E-state index contributed by atoms with van der Waals surface area (Å²) in [5.41, 5.74) is 1.57. The number of hydrogen-bond donors (Lipinski definition) is 2. The minimum Gasteiger partial charge on any atom is -0.380 e. The Hall–Kier alpha value is -4.53. The molecule has 5 amide bonds. The van der Waals surface area contributed by atoms with Crippen LogP contribution in [0.1, 0.15) is 89.9 Å². The lowest BCUT2D eigenvalue weighted by Gasteiger charge is -2.43. The van der Waals surface area contributed by atoms with E-state index in [1.54, 1.807) is 23.0 Å². The second-order valence-corrected chi connectivity index (χ2v) is 11.5. The lowest BCUT2D eigenvalue weighted by molar-refractivity contribution is -0.147. The first kappa shape index (κ1) is 26.7. The van der Waals surface area contributed by atoms with Crippen molar-refractivity contribution in [1.29, 1.82) is 5.26 Å². The first-order chi connectivity index (χ1) is 19.7. The largest absolute Gasteiger partial charge is 0.380 e. The van der Waals surface area contributed by atoms with E-state index in [0.717, 1.165) is 24.2 Å². The number of fused-ring (bicyclic) bond motifs is 1. The van der Waals surface area contributed by atoms with Crippen molar-refractivity contribution in [3.63, 3.8) is 0 Å². The highest BCUT2D eigenvalue weighted by molar-refractivity contribution is 6.25. The number of carbonyl (C=O) groups excluding carboxylic acids is 5. The summed E-state index contributed by atoms with van der Waals surface area (Å²) in [5, 5.41) is 19.9. The van der Waals surface area contributed by atoms with Gasteiger partial charge in [-0.1, -0.05) is 19.4 Å². The fourth-order valence-corrected chi connectivity index (χ4v) is 6.40. The molecule has 0 radical (unpaired) electrons. The Morgan fingerprint density at radius 3 is 2.56 bits per heavy atom. The maximum Gasteiger partial charge on any atom is 0.264 e. The molecular weight excluding hydrogens is 526 g/mol. The highest BCUT2D eigenvalue weighted by atomic mass is 16.2. The molecule has 2 aromatic rings. The molecule has 1 unspecified atom stereocenters. The average molecular weight is 558 g/mol. The summed E-state index contributed by atoms with van der Waals surface area (Å²) >= 11 is 0. The Labute approximate surface area is 236 Å². The molecule has 0 bridgehead atoms. The fraction of sp³-hybridized carbons (Fsp3) is 0.483. The third-order valence-corrected chi connectivity index (χ3v) is 8.99. The maximum absolute atomic E-state index is 13.4. The van der Waals surface area contributed by atoms with Gasteiger partial charge in [0.15, 0.2) is 0 Å². The van der Waals surface area contributed by atoms with Crippen molar-refractivity contribution in [2.24, 2.45) is 5.41 Å². The van der Waals surface area contributed by atoms with Crippen LogP contribution in [0.3, 0.4) is 0 Å². The Bertz CT molecular complexity index is 1510. The van der Waals surface area contributed by atoms with E-state index in [1.807, 2.05) is 11.8 Å². The lowest BCUT2D eigenvalue weighted by Crippen LogP contribution is -2.54. The molecule has 12 nitrogen and oxygen atoms in total. The standard InChI is InChI=1S/C29H31N7O5/c1-29(10-3-11-29)28(41)34-12-8-18(9-13-34)36-22(14-30)17(16-32-36)15-31-20-5-2-4-19-24(20)27(40)35(26(19)39)21-6-7-23(37)33-25(21)38/h2,4-5,16,18,21,31H,3,6-13,15H2,1H3,(H,33,37,38). The number of likely N-dealkylation sites (tertiary alicyclic amines) is 1. The van der Waals surface area contributed by atoms with E-state index in [9.17, 15) is 29.2 Å². The van der Waals surface area contributed by atoms with Crippen LogP contribution >= 0.6 is 0 Å². The molecule has 1 saturated carbocycles. The number of benzene rings is 1. The van der Waals surface area contributed by atoms with Crippen molar-refractivity contribution in [2.75, 3.05) is 18.4 Å². The quantitative estimate of drug-likeness (QED) is 0.512. The van der Waals surface area contributed by atoms with E-state index in [-0.39, 0.29) is 47.9 Å². The SMILES string of the molecule is CC1(C(=O)N2CCC(n3ncc(CNc4cccc5c4C(=O)N(C4CCC(=O)NC4=O)C5=O)c3C#N)CC2)CCC1. The van der Waals surface area contributed by atoms with Gasteiger partial charge in [0.2, 0.25) is 17.7 Å². The molecule has 1 aromatic carbocycles. The van der Waals surface area contributed by atoms with Crippen LogP contribution in [-0.4, -0.2) is 68.2 Å². The molecule has 3 aliphatic heterocycles. The van der Waals surface area contributed by atoms with Crippen molar-refractivity contribution < 1.29 is 24.0 Å². The van der Waals surface area contributed by atoms with Crippen LogP contribution in [0.2, 0.25) is 0 Å². The van der Waals surface area contributed by atoms with Gasteiger partial charge in [0.25, 0.3) is 11.8 Å². The van der Waals surface area contributed by atoms with Crippen LogP contribution in [0.4, 0.5) is 5.69 Å². The molecule has 2 N–H and O–H groups in total. The molecule has 3 fully saturated rings. The van der Waals surface area contributed by atoms with Gasteiger partial charge in [-0.2, -0.15) is 10.4 Å². The van der Waals surface area contributed by atoms with Gasteiger partial charge in [-0.05, 0) is 44.2 Å². The molecule has 2 saturated heterocycles. The summed E-state index contributed by atoms with van der Waals surface area (Å²) in [7, 11) is 0. The van der Waals surface area contributed by atoms with Crippen molar-refractivity contribution in [1.82, 2.24) is 24.9 Å². The second kappa shape index (κ2) is 10.1. The van der Waals surface area contributed by atoms with Gasteiger partial charge < -0.3 is 10.2 Å². The van der Waals surface area contributed by atoms with E-state index in [4.69, 9.17) is 0 Å². The van der Waals surface area contributed by atoms with Crippen LogP contribution < -0.4 is 10.6 Å². The molecule has 0 spiro atoms. The second-order valence-electron chi connectivity index (χ2n) is 11.5. The third-order valence-electron chi connectivity index (χ3n) is 8.99. The first-order valence-electron chi connectivity index (χ1n) is 14.1. The molecule has 41 heavy (non-hydrogen) atoms. The minimum atomic E-state index is -1.05. The molecule has 6 rings (SSSR count). The number of anilines is 1. The zero-order valence-electron chi connectivity index (χ0n) is 22.8. The van der Waals surface area contributed by atoms with Gasteiger partial charge in [0, 0.05) is 42.7 Å². The van der Waals surface area contributed by atoms with Gasteiger partial charge >= 0.3 is 0 Å². The number of nitriles is 1. The molecule has 1 aliphatic carbocycles. The number of carbonyl (C=O) groups is 5. The molecule has 212 valence electrons. The smallest absolute Gasteiger partial charge is 0.264 e.